The molecule has 2 aromatic carbocycles. The van der Waals surface area contributed by atoms with Crippen LogP contribution in [-0.2, 0) is 4.74 Å². The molecule has 0 amide bonds. The molecule has 23 heavy (non-hydrogen) atoms. The molecular formula is C20H25NO2. The second-order valence-corrected chi connectivity index (χ2v) is 6.23. The first-order valence-electron chi connectivity index (χ1n) is 8.37. The molecule has 0 saturated carbocycles. The van der Waals surface area contributed by atoms with Crippen molar-refractivity contribution in [2.24, 2.45) is 0 Å². The molecule has 0 spiro atoms. The highest BCUT2D eigenvalue weighted by Gasteiger charge is 2.21. The Kier molecular flexibility index (Phi) is 5.31. The average molecular weight is 311 g/mol. The van der Waals surface area contributed by atoms with Crippen molar-refractivity contribution < 1.29 is 9.47 Å². The number of para-hydroxylation sites is 1. The van der Waals surface area contributed by atoms with Gasteiger partial charge in [-0.05, 0) is 25.5 Å². The van der Waals surface area contributed by atoms with Crippen molar-refractivity contribution in [1.29, 1.82) is 0 Å². The lowest BCUT2D eigenvalue weighted by Gasteiger charge is -2.35. The summed E-state index contributed by atoms with van der Waals surface area (Å²) in [7, 11) is 0. The number of nitrogens with zero attached hydrogens (tertiary/aromatic N) is 1. The standard InChI is InChI=1S/C20H25NO2/c1-16-14-21(15-17(2)23-16)12-13-22-20-11-7-6-10-19(20)18-8-4-3-5-9-18/h3-11,16-17H,12-15H2,1-2H3/t16-,17+. The molecule has 1 saturated heterocycles. The van der Waals surface area contributed by atoms with Crippen molar-refractivity contribution in [2.45, 2.75) is 26.1 Å². The summed E-state index contributed by atoms with van der Waals surface area (Å²) in [5.74, 6) is 0.952. The van der Waals surface area contributed by atoms with E-state index in [9.17, 15) is 0 Å². The molecule has 122 valence electrons. The van der Waals surface area contributed by atoms with Crippen molar-refractivity contribution in [3.05, 3.63) is 54.6 Å². The van der Waals surface area contributed by atoms with Gasteiger partial charge in [-0.25, -0.2) is 0 Å². The van der Waals surface area contributed by atoms with E-state index in [1.165, 1.54) is 5.56 Å². The second-order valence-electron chi connectivity index (χ2n) is 6.23. The number of hydrogen-bond acceptors (Lipinski definition) is 3. The summed E-state index contributed by atoms with van der Waals surface area (Å²) in [5.41, 5.74) is 2.34. The lowest BCUT2D eigenvalue weighted by molar-refractivity contribution is -0.0699. The SMILES string of the molecule is C[C@@H]1CN(CCOc2ccccc2-c2ccccc2)C[C@H](C)O1. The van der Waals surface area contributed by atoms with Crippen molar-refractivity contribution in [3.63, 3.8) is 0 Å². The van der Waals surface area contributed by atoms with Gasteiger partial charge >= 0.3 is 0 Å². The van der Waals surface area contributed by atoms with Crippen LogP contribution in [0.2, 0.25) is 0 Å². The molecule has 0 N–H and O–H groups in total. The van der Waals surface area contributed by atoms with E-state index in [4.69, 9.17) is 9.47 Å². The highest BCUT2D eigenvalue weighted by Crippen LogP contribution is 2.29. The maximum atomic E-state index is 6.08. The van der Waals surface area contributed by atoms with Crippen LogP contribution in [0.1, 0.15) is 13.8 Å². The van der Waals surface area contributed by atoms with Gasteiger partial charge in [-0.15, -0.1) is 0 Å². The van der Waals surface area contributed by atoms with E-state index in [0.717, 1.165) is 30.9 Å². The fourth-order valence-corrected chi connectivity index (χ4v) is 3.20. The number of benzene rings is 2. The fourth-order valence-electron chi connectivity index (χ4n) is 3.20. The third-order valence-electron chi connectivity index (χ3n) is 4.13. The second kappa shape index (κ2) is 7.62. The van der Waals surface area contributed by atoms with Gasteiger partial charge in [0.25, 0.3) is 0 Å². The summed E-state index contributed by atoms with van der Waals surface area (Å²) in [4.78, 5) is 2.42. The first-order valence-corrected chi connectivity index (χ1v) is 8.37. The van der Waals surface area contributed by atoms with E-state index >= 15 is 0 Å². The molecule has 0 bridgehead atoms. The molecule has 0 aromatic heterocycles. The van der Waals surface area contributed by atoms with Crippen molar-refractivity contribution in [2.75, 3.05) is 26.2 Å². The molecule has 0 radical (unpaired) electrons. The molecule has 1 heterocycles. The van der Waals surface area contributed by atoms with Gasteiger partial charge in [-0.1, -0.05) is 48.5 Å². The maximum Gasteiger partial charge on any atom is 0.127 e. The van der Waals surface area contributed by atoms with E-state index in [-0.39, 0.29) is 0 Å². The third-order valence-corrected chi connectivity index (χ3v) is 4.13. The molecule has 2 atom stereocenters. The normalized spacial score (nSPS) is 22.0. The Hall–Kier alpha value is -1.84. The monoisotopic (exact) mass is 311 g/mol. The van der Waals surface area contributed by atoms with E-state index in [1.54, 1.807) is 0 Å². The zero-order valence-corrected chi connectivity index (χ0v) is 13.9. The Morgan fingerprint density at radius 1 is 0.957 bits per heavy atom. The number of rotatable bonds is 5. The van der Waals surface area contributed by atoms with Gasteiger partial charge < -0.3 is 9.47 Å². The minimum absolute atomic E-state index is 0.301. The molecule has 0 aliphatic carbocycles. The molecule has 3 heteroatoms. The van der Waals surface area contributed by atoms with Gasteiger partial charge in [0.05, 0.1) is 12.2 Å². The van der Waals surface area contributed by atoms with Crippen LogP contribution < -0.4 is 4.74 Å². The number of hydrogen-bond donors (Lipinski definition) is 0. The molecular weight excluding hydrogens is 286 g/mol. The Morgan fingerprint density at radius 2 is 1.61 bits per heavy atom. The highest BCUT2D eigenvalue weighted by atomic mass is 16.5. The lowest BCUT2D eigenvalue weighted by atomic mass is 10.1. The zero-order chi connectivity index (χ0) is 16.1. The van der Waals surface area contributed by atoms with E-state index in [0.29, 0.717) is 18.8 Å². The molecule has 2 aromatic rings. The lowest BCUT2D eigenvalue weighted by Crippen LogP contribution is -2.46. The predicted octanol–water partition coefficient (Wildman–Crippen LogP) is 3.84. The maximum absolute atomic E-state index is 6.08. The summed E-state index contributed by atoms with van der Waals surface area (Å²) in [6.45, 7) is 7.86. The molecule has 3 nitrogen and oxygen atoms in total. The molecule has 1 aliphatic rings. The largest absolute Gasteiger partial charge is 0.492 e. The molecule has 0 unspecified atom stereocenters. The quantitative estimate of drug-likeness (QED) is 0.837. The molecule has 3 rings (SSSR count). The van der Waals surface area contributed by atoms with Gasteiger partial charge in [-0.2, -0.15) is 0 Å². The van der Waals surface area contributed by atoms with Crippen molar-refractivity contribution in [3.8, 4) is 16.9 Å². The van der Waals surface area contributed by atoms with Crippen LogP contribution in [0.3, 0.4) is 0 Å². The van der Waals surface area contributed by atoms with E-state index in [2.05, 4.69) is 55.1 Å². The van der Waals surface area contributed by atoms with Crippen LogP contribution >= 0.6 is 0 Å². The van der Waals surface area contributed by atoms with Gasteiger partial charge in [0.15, 0.2) is 0 Å². The first-order chi connectivity index (χ1) is 11.2. The summed E-state index contributed by atoms with van der Waals surface area (Å²) >= 11 is 0. The van der Waals surface area contributed by atoms with Gasteiger partial charge in [0.2, 0.25) is 0 Å². The molecule has 1 aliphatic heterocycles. The Morgan fingerprint density at radius 3 is 2.35 bits per heavy atom. The molecule has 1 fully saturated rings. The van der Waals surface area contributed by atoms with Crippen LogP contribution in [0.25, 0.3) is 11.1 Å². The van der Waals surface area contributed by atoms with Crippen LogP contribution in [0.5, 0.6) is 5.75 Å². The predicted molar refractivity (Wildman–Crippen MR) is 93.8 cm³/mol. The van der Waals surface area contributed by atoms with Crippen LogP contribution in [0, 0.1) is 0 Å². The minimum atomic E-state index is 0.301. The van der Waals surface area contributed by atoms with E-state index < -0.39 is 0 Å². The smallest absolute Gasteiger partial charge is 0.127 e. The number of morpholine rings is 1. The first kappa shape index (κ1) is 16.0. The third kappa shape index (κ3) is 4.34. The highest BCUT2D eigenvalue weighted by molar-refractivity contribution is 5.70. The number of ether oxygens (including phenoxy) is 2. The summed E-state index contributed by atoms with van der Waals surface area (Å²) in [6, 6.07) is 18.6. The fraction of sp³-hybridized carbons (Fsp3) is 0.400. The van der Waals surface area contributed by atoms with Crippen molar-refractivity contribution in [1.82, 2.24) is 4.90 Å². The van der Waals surface area contributed by atoms with Gasteiger partial charge in [0, 0.05) is 25.2 Å². The topological polar surface area (TPSA) is 21.7 Å². The Bertz CT molecular complexity index is 604. The Labute approximate surface area is 138 Å². The van der Waals surface area contributed by atoms with Crippen molar-refractivity contribution >= 4 is 0 Å². The zero-order valence-electron chi connectivity index (χ0n) is 13.9. The van der Waals surface area contributed by atoms with Crippen LogP contribution in [0.4, 0.5) is 0 Å². The summed E-state index contributed by atoms with van der Waals surface area (Å²) in [5, 5.41) is 0. The average Bonchev–Trinajstić information content (AvgIpc) is 2.55. The van der Waals surface area contributed by atoms with Crippen LogP contribution in [-0.4, -0.2) is 43.3 Å². The van der Waals surface area contributed by atoms with E-state index in [1.807, 2.05) is 18.2 Å². The Balaban J connectivity index is 1.61. The van der Waals surface area contributed by atoms with Gasteiger partial charge in [0.1, 0.15) is 12.4 Å². The minimum Gasteiger partial charge on any atom is -0.492 e. The summed E-state index contributed by atoms with van der Waals surface area (Å²) in [6.07, 6.45) is 0.603. The summed E-state index contributed by atoms with van der Waals surface area (Å²) < 4.78 is 11.9. The van der Waals surface area contributed by atoms with Gasteiger partial charge in [-0.3, -0.25) is 4.90 Å². The van der Waals surface area contributed by atoms with Crippen LogP contribution in [0.15, 0.2) is 54.6 Å².